The lowest BCUT2D eigenvalue weighted by Gasteiger charge is -2.26. The number of hydrogen-bond acceptors (Lipinski definition) is 4. The molecule has 2 rings (SSSR count). The van der Waals surface area contributed by atoms with Gasteiger partial charge in [0.15, 0.2) is 17.5 Å². The molecule has 0 aliphatic carbocycles. The lowest BCUT2D eigenvalue weighted by Crippen LogP contribution is -2.42. The molecule has 2 aromatic rings. The van der Waals surface area contributed by atoms with E-state index < -0.39 is 0 Å². The van der Waals surface area contributed by atoms with Crippen molar-refractivity contribution in [2.45, 2.75) is 12.5 Å². The van der Waals surface area contributed by atoms with E-state index in [1.165, 1.54) is 5.56 Å². The highest BCUT2D eigenvalue weighted by Gasteiger charge is 2.17. The van der Waals surface area contributed by atoms with Crippen LogP contribution in [0.1, 0.15) is 17.2 Å². The summed E-state index contributed by atoms with van der Waals surface area (Å²) in [6.45, 7) is 1.54. The molecule has 0 aliphatic rings. The van der Waals surface area contributed by atoms with Gasteiger partial charge in [-0.25, -0.2) is 0 Å². The topological polar surface area (TPSA) is 58.1 Å². The molecule has 28 heavy (non-hydrogen) atoms. The maximum atomic E-state index is 5.45. The molecule has 0 aliphatic heterocycles. The first kappa shape index (κ1) is 21.6. The summed E-state index contributed by atoms with van der Waals surface area (Å²) in [5.74, 6) is 2.26. The van der Waals surface area contributed by atoms with Crippen molar-refractivity contribution >= 4 is 5.96 Å². The number of nitrogens with one attached hydrogen (secondary N) is 2. The maximum absolute atomic E-state index is 5.45. The van der Waals surface area contributed by atoms with Gasteiger partial charge in [0.2, 0.25) is 0 Å². The van der Waals surface area contributed by atoms with Gasteiger partial charge in [-0.3, -0.25) is 4.99 Å². The number of nitrogens with zero attached hydrogens (tertiary/aromatic N) is 2. The van der Waals surface area contributed by atoms with Crippen LogP contribution >= 0.6 is 0 Å². The van der Waals surface area contributed by atoms with Crippen LogP contribution < -0.4 is 20.1 Å². The Hall–Kier alpha value is -2.73. The summed E-state index contributed by atoms with van der Waals surface area (Å²) in [5, 5.41) is 6.81. The predicted molar refractivity (Wildman–Crippen MR) is 115 cm³/mol. The second-order valence-corrected chi connectivity index (χ2v) is 6.71. The first-order chi connectivity index (χ1) is 13.6. The van der Waals surface area contributed by atoms with Crippen LogP contribution in [-0.2, 0) is 6.42 Å². The van der Waals surface area contributed by atoms with E-state index in [4.69, 9.17) is 9.47 Å². The SMILES string of the molecule is CN=C(NCCc1ccccc1)NCC(c1ccc(OC)c(OC)c1)N(C)C. The predicted octanol–water partition coefficient (Wildman–Crippen LogP) is 2.71. The van der Waals surface area contributed by atoms with Crippen molar-refractivity contribution in [1.29, 1.82) is 0 Å². The second kappa shape index (κ2) is 11.2. The highest BCUT2D eigenvalue weighted by atomic mass is 16.5. The minimum atomic E-state index is 0.160. The van der Waals surface area contributed by atoms with Gasteiger partial charge in [-0.1, -0.05) is 36.4 Å². The summed E-state index contributed by atoms with van der Waals surface area (Å²) in [7, 11) is 9.22. The molecule has 0 heterocycles. The fourth-order valence-corrected chi connectivity index (χ4v) is 3.04. The van der Waals surface area contributed by atoms with Crippen molar-refractivity contribution in [2.24, 2.45) is 4.99 Å². The summed E-state index contributed by atoms with van der Waals surface area (Å²) in [4.78, 5) is 6.51. The Morgan fingerprint density at radius 1 is 1.00 bits per heavy atom. The summed E-state index contributed by atoms with van der Waals surface area (Å²) < 4.78 is 10.8. The number of methoxy groups -OCH3 is 2. The van der Waals surface area contributed by atoms with Crippen LogP contribution in [0.15, 0.2) is 53.5 Å². The van der Waals surface area contributed by atoms with Crippen LogP contribution in [0.4, 0.5) is 0 Å². The Labute approximate surface area is 168 Å². The summed E-state index contributed by atoms with van der Waals surface area (Å²) in [6, 6.07) is 16.6. The normalized spacial score (nSPS) is 12.6. The van der Waals surface area contributed by atoms with E-state index in [1.54, 1.807) is 21.3 Å². The van der Waals surface area contributed by atoms with Gasteiger partial charge in [0, 0.05) is 20.1 Å². The molecule has 0 fully saturated rings. The third-order valence-electron chi connectivity index (χ3n) is 4.65. The monoisotopic (exact) mass is 384 g/mol. The van der Waals surface area contributed by atoms with Gasteiger partial charge in [-0.05, 0) is 43.8 Å². The number of rotatable bonds is 9. The van der Waals surface area contributed by atoms with Crippen LogP contribution in [0.2, 0.25) is 0 Å². The average Bonchev–Trinajstić information content (AvgIpc) is 2.72. The minimum absolute atomic E-state index is 0.160. The van der Waals surface area contributed by atoms with Gasteiger partial charge in [0.05, 0.1) is 20.3 Å². The van der Waals surface area contributed by atoms with E-state index in [2.05, 4.69) is 65.0 Å². The Balaban J connectivity index is 1.96. The van der Waals surface area contributed by atoms with Crippen molar-refractivity contribution in [3.8, 4) is 11.5 Å². The zero-order valence-electron chi connectivity index (χ0n) is 17.5. The molecule has 0 spiro atoms. The zero-order valence-corrected chi connectivity index (χ0v) is 17.5. The Morgan fingerprint density at radius 3 is 2.32 bits per heavy atom. The van der Waals surface area contributed by atoms with Crippen molar-refractivity contribution in [3.05, 3.63) is 59.7 Å². The summed E-state index contributed by atoms with van der Waals surface area (Å²) in [5.41, 5.74) is 2.46. The van der Waals surface area contributed by atoms with Crippen molar-refractivity contribution in [3.63, 3.8) is 0 Å². The molecule has 1 unspecified atom stereocenters. The highest BCUT2D eigenvalue weighted by molar-refractivity contribution is 5.79. The molecule has 0 amide bonds. The van der Waals surface area contributed by atoms with Crippen LogP contribution in [0, 0.1) is 0 Å². The molecular weight excluding hydrogens is 352 g/mol. The van der Waals surface area contributed by atoms with E-state index >= 15 is 0 Å². The standard InChI is InChI=1S/C22H32N4O2/c1-23-22(24-14-13-17-9-7-6-8-10-17)25-16-19(26(2)3)18-11-12-20(27-4)21(15-18)28-5/h6-12,15,19H,13-14,16H2,1-5H3,(H2,23,24,25). The zero-order chi connectivity index (χ0) is 20.4. The fraction of sp³-hybridized carbons (Fsp3) is 0.409. The van der Waals surface area contributed by atoms with Crippen molar-refractivity contribution in [1.82, 2.24) is 15.5 Å². The number of ether oxygens (including phenoxy) is 2. The van der Waals surface area contributed by atoms with Crippen LogP contribution in [0.25, 0.3) is 0 Å². The summed E-state index contributed by atoms with van der Waals surface area (Å²) >= 11 is 0. The molecule has 0 radical (unpaired) electrons. The first-order valence-electron chi connectivity index (χ1n) is 9.45. The molecule has 0 aromatic heterocycles. The number of hydrogen-bond donors (Lipinski definition) is 2. The van der Waals surface area contributed by atoms with Gasteiger partial charge in [-0.2, -0.15) is 0 Å². The lowest BCUT2D eigenvalue weighted by molar-refractivity contribution is 0.295. The van der Waals surface area contributed by atoms with Gasteiger partial charge in [0.25, 0.3) is 0 Å². The third-order valence-corrected chi connectivity index (χ3v) is 4.65. The van der Waals surface area contributed by atoms with Gasteiger partial charge < -0.3 is 25.0 Å². The molecule has 0 saturated carbocycles. The number of aliphatic imine (C=N–C) groups is 1. The molecule has 1 atom stereocenters. The van der Waals surface area contributed by atoms with E-state index in [9.17, 15) is 0 Å². The number of guanidine groups is 1. The Bertz CT molecular complexity index is 747. The minimum Gasteiger partial charge on any atom is -0.493 e. The smallest absolute Gasteiger partial charge is 0.191 e. The summed E-state index contributed by atoms with van der Waals surface area (Å²) in [6.07, 6.45) is 0.953. The average molecular weight is 385 g/mol. The molecule has 0 bridgehead atoms. The van der Waals surface area contributed by atoms with Crippen LogP contribution in [0.3, 0.4) is 0 Å². The number of benzene rings is 2. The highest BCUT2D eigenvalue weighted by Crippen LogP contribution is 2.31. The van der Waals surface area contributed by atoms with E-state index in [1.807, 2.05) is 18.2 Å². The second-order valence-electron chi connectivity index (χ2n) is 6.71. The van der Waals surface area contributed by atoms with Crippen molar-refractivity contribution < 1.29 is 9.47 Å². The van der Waals surface area contributed by atoms with Gasteiger partial charge in [-0.15, -0.1) is 0 Å². The molecular formula is C22H32N4O2. The molecule has 0 saturated heterocycles. The van der Waals surface area contributed by atoms with Crippen LogP contribution in [-0.4, -0.2) is 59.3 Å². The molecule has 2 aromatic carbocycles. The molecule has 6 heteroatoms. The first-order valence-corrected chi connectivity index (χ1v) is 9.45. The fourth-order valence-electron chi connectivity index (χ4n) is 3.04. The van der Waals surface area contributed by atoms with Crippen molar-refractivity contribution in [2.75, 3.05) is 48.5 Å². The lowest BCUT2D eigenvalue weighted by atomic mass is 10.1. The van der Waals surface area contributed by atoms with E-state index in [0.29, 0.717) is 6.54 Å². The van der Waals surface area contributed by atoms with E-state index in [-0.39, 0.29) is 6.04 Å². The molecule has 2 N–H and O–H groups in total. The Morgan fingerprint density at radius 2 is 1.71 bits per heavy atom. The maximum Gasteiger partial charge on any atom is 0.191 e. The largest absolute Gasteiger partial charge is 0.493 e. The third kappa shape index (κ3) is 6.16. The van der Waals surface area contributed by atoms with Crippen LogP contribution in [0.5, 0.6) is 11.5 Å². The van der Waals surface area contributed by atoms with E-state index in [0.717, 1.165) is 36.0 Å². The number of likely N-dealkylation sites (N-methyl/N-ethyl adjacent to an activating group) is 1. The molecule has 152 valence electrons. The van der Waals surface area contributed by atoms with Gasteiger partial charge >= 0.3 is 0 Å². The quantitative estimate of drug-likeness (QED) is 0.514. The van der Waals surface area contributed by atoms with Gasteiger partial charge in [0.1, 0.15) is 0 Å². The Kier molecular flexibility index (Phi) is 8.62. The molecule has 6 nitrogen and oxygen atoms in total.